The summed E-state index contributed by atoms with van der Waals surface area (Å²) in [7, 11) is -3.92. The Bertz CT molecular complexity index is 1360. The lowest BCUT2D eigenvalue weighted by Crippen LogP contribution is -2.40. The molecule has 35 heavy (non-hydrogen) atoms. The Kier molecular flexibility index (Phi) is 7.57. The largest absolute Gasteiger partial charge is 0.481 e. The number of aromatic nitrogens is 1. The van der Waals surface area contributed by atoms with Crippen molar-refractivity contribution in [1.82, 2.24) is 4.98 Å². The molecule has 0 bridgehead atoms. The van der Waals surface area contributed by atoms with E-state index in [9.17, 15) is 18.3 Å². The number of aromatic amines is 1. The lowest BCUT2D eigenvalue weighted by atomic mass is 9.86. The van der Waals surface area contributed by atoms with Crippen LogP contribution in [-0.4, -0.2) is 24.5 Å². The van der Waals surface area contributed by atoms with Crippen molar-refractivity contribution in [3.63, 3.8) is 0 Å². The molecule has 0 spiro atoms. The number of carboxylic acids is 1. The molecule has 0 fully saturated rings. The Morgan fingerprint density at radius 2 is 1.74 bits per heavy atom. The number of hydrogen-bond donors (Lipinski definition) is 2. The van der Waals surface area contributed by atoms with Crippen molar-refractivity contribution in [3.8, 4) is 0 Å². The molecule has 2 N–H and O–H groups in total. The summed E-state index contributed by atoms with van der Waals surface area (Å²) in [6.45, 7) is 2.16. The predicted molar refractivity (Wildman–Crippen MR) is 140 cm³/mol. The number of nitrogens with one attached hydrogen (secondary N) is 1. The zero-order valence-electron chi connectivity index (χ0n) is 19.6. The number of unbranched alkanes of at least 4 members (excludes halogenated alkanes) is 1. The van der Waals surface area contributed by atoms with E-state index in [0.717, 1.165) is 24.8 Å². The fraction of sp³-hybridized carbons (Fsp3) is 0.250. The zero-order valence-corrected chi connectivity index (χ0v) is 21.2. The predicted octanol–water partition coefficient (Wildman–Crippen LogP) is 6.01. The highest BCUT2D eigenvalue weighted by Gasteiger charge is 2.49. The van der Waals surface area contributed by atoms with E-state index >= 15 is 0 Å². The van der Waals surface area contributed by atoms with Crippen LogP contribution in [0.2, 0.25) is 0 Å². The minimum atomic E-state index is -3.92. The van der Waals surface area contributed by atoms with E-state index in [1.807, 2.05) is 12.1 Å². The van der Waals surface area contributed by atoms with Crippen LogP contribution >= 0.6 is 11.3 Å². The minimum absolute atomic E-state index is 0.181. The van der Waals surface area contributed by atoms with Crippen LogP contribution in [-0.2, 0) is 38.6 Å². The van der Waals surface area contributed by atoms with Gasteiger partial charge in [-0.2, -0.15) is 0 Å². The molecule has 2 aromatic heterocycles. The van der Waals surface area contributed by atoms with E-state index in [4.69, 9.17) is 0 Å². The van der Waals surface area contributed by atoms with Gasteiger partial charge in [-0.05, 0) is 58.7 Å². The van der Waals surface area contributed by atoms with Gasteiger partial charge in [0.1, 0.15) is 8.96 Å². The number of hydrogen-bond acceptors (Lipinski definition) is 4. The smallest absolute Gasteiger partial charge is 0.307 e. The van der Waals surface area contributed by atoms with Crippen LogP contribution in [0.4, 0.5) is 0 Å². The SMILES string of the molecule is CCCCc1ccc(CC(c2cccc(CC(=O)O)c2)(c2ccc[nH]2)S(=O)(=O)c2cccs2)cc1. The summed E-state index contributed by atoms with van der Waals surface area (Å²) in [6.07, 6.45) is 4.96. The second kappa shape index (κ2) is 10.6. The third-order valence-electron chi connectivity index (χ3n) is 6.30. The average Bonchev–Trinajstić information content (AvgIpc) is 3.57. The summed E-state index contributed by atoms with van der Waals surface area (Å²) in [4.78, 5) is 14.6. The first-order valence-electron chi connectivity index (χ1n) is 11.7. The van der Waals surface area contributed by atoms with Gasteiger partial charge in [0, 0.05) is 18.3 Å². The van der Waals surface area contributed by atoms with E-state index < -0.39 is 20.6 Å². The van der Waals surface area contributed by atoms with Gasteiger partial charge < -0.3 is 10.1 Å². The highest BCUT2D eigenvalue weighted by Crippen LogP contribution is 2.45. The molecule has 5 nitrogen and oxygen atoms in total. The molecule has 0 saturated carbocycles. The Labute approximate surface area is 210 Å². The fourth-order valence-corrected chi connectivity index (χ4v) is 7.88. The molecular formula is C28H29NO4S2. The summed E-state index contributed by atoms with van der Waals surface area (Å²) in [5.74, 6) is -0.962. The van der Waals surface area contributed by atoms with Crippen molar-refractivity contribution < 1.29 is 18.3 Å². The van der Waals surface area contributed by atoms with Crippen molar-refractivity contribution in [2.75, 3.05) is 0 Å². The average molecular weight is 508 g/mol. The quantitative estimate of drug-likeness (QED) is 0.260. The molecule has 182 valence electrons. The molecule has 2 aromatic carbocycles. The van der Waals surface area contributed by atoms with Gasteiger partial charge in [0.15, 0.2) is 0 Å². The van der Waals surface area contributed by atoms with Gasteiger partial charge in [0.25, 0.3) is 0 Å². The van der Waals surface area contributed by atoms with Gasteiger partial charge in [-0.3, -0.25) is 4.79 Å². The third-order valence-corrected chi connectivity index (χ3v) is 10.1. The van der Waals surface area contributed by atoms with Crippen molar-refractivity contribution in [2.24, 2.45) is 0 Å². The molecule has 0 amide bonds. The summed E-state index contributed by atoms with van der Waals surface area (Å²) in [5.41, 5.74) is 3.77. The summed E-state index contributed by atoms with van der Waals surface area (Å²) < 4.78 is 27.7. The lowest BCUT2D eigenvalue weighted by molar-refractivity contribution is -0.136. The number of aryl methyl sites for hydroxylation is 1. The maximum Gasteiger partial charge on any atom is 0.307 e. The maximum atomic E-state index is 14.4. The van der Waals surface area contributed by atoms with E-state index in [2.05, 4.69) is 24.0 Å². The standard InChI is InChI=1S/C28H29NO4S2/c1-2-3-7-21-12-14-22(15-13-21)20-28(25-10-5-16-29-25,35(32,33)27-11-6-17-34-27)24-9-4-8-23(18-24)19-26(30)31/h4-6,8-18,29H,2-3,7,19-20H2,1H3,(H,30,31). The molecule has 7 heteroatoms. The number of H-pyrrole nitrogens is 1. The molecule has 4 rings (SSSR count). The Hall–Kier alpha value is -3.16. The van der Waals surface area contributed by atoms with Crippen LogP contribution in [0.15, 0.2) is 88.6 Å². The second-order valence-electron chi connectivity index (χ2n) is 8.71. The second-order valence-corrected chi connectivity index (χ2v) is 12.1. The number of carbonyl (C=O) groups is 1. The summed E-state index contributed by atoms with van der Waals surface area (Å²) in [5, 5.41) is 11.1. The van der Waals surface area contributed by atoms with Crippen molar-refractivity contribution in [2.45, 2.75) is 48.0 Å². The van der Waals surface area contributed by atoms with E-state index in [-0.39, 0.29) is 17.1 Å². The van der Waals surface area contributed by atoms with Crippen LogP contribution < -0.4 is 0 Å². The minimum Gasteiger partial charge on any atom is -0.481 e. The van der Waals surface area contributed by atoms with Crippen LogP contribution in [0.1, 0.15) is 47.7 Å². The first-order chi connectivity index (χ1) is 16.9. The van der Waals surface area contributed by atoms with Crippen molar-refractivity contribution in [1.29, 1.82) is 0 Å². The normalized spacial score (nSPS) is 13.4. The molecular weight excluding hydrogens is 478 g/mol. The lowest BCUT2D eigenvalue weighted by Gasteiger charge is -2.33. The van der Waals surface area contributed by atoms with Gasteiger partial charge in [0.05, 0.1) is 6.42 Å². The molecule has 1 unspecified atom stereocenters. The number of benzene rings is 2. The zero-order chi connectivity index (χ0) is 24.9. The molecule has 2 heterocycles. The first kappa shape index (κ1) is 24.9. The summed E-state index contributed by atoms with van der Waals surface area (Å²) in [6, 6.07) is 22.1. The Balaban J connectivity index is 1.92. The molecule has 0 aliphatic carbocycles. The number of carboxylic acid groups (broad SMARTS) is 1. The number of rotatable bonds is 11. The van der Waals surface area contributed by atoms with Gasteiger partial charge in [-0.1, -0.05) is 67.9 Å². The first-order valence-corrected chi connectivity index (χ1v) is 14.0. The monoisotopic (exact) mass is 507 g/mol. The number of thiophene rings is 1. The molecule has 1 atom stereocenters. The Morgan fingerprint density at radius 3 is 2.37 bits per heavy atom. The van der Waals surface area contributed by atoms with Crippen molar-refractivity contribution >= 4 is 27.1 Å². The van der Waals surface area contributed by atoms with E-state index in [1.54, 1.807) is 60.1 Å². The van der Waals surface area contributed by atoms with E-state index in [1.165, 1.54) is 16.9 Å². The molecule has 0 aliphatic rings. The number of aliphatic carboxylic acids is 1. The van der Waals surface area contributed by atoms with Crippen LogP contribution in [0.25, 0.3) is 0 Å². The molecule has 0 radical (unpaired) electrons. The van der Waals surface area contributed by atoms with Gasteiger partial charge in [-0.25, -0.2) is 8.42 Å². The van der Waals surface area contributed by atoms with Crippen molar-refractivity contribution in [3.05, 3.63) is 112 Å². The van der Waals surface area contributed by atoms with Gasteiger partial charge in [-0.15, -0.1) is 11.3 Å². The van der Waals surface area contributed by atoms with Crippen LogP contribution in [0, 0.1) is 0 Å². The highest BCUT2D eigenvalue weighted by atomic mass is 32.2. The molecule has 0 saturated heterocycles. The fourth-order valence-electron chi connectivity index (χ4n) is 4.52. The molecule has 4 aromatic rings. The number of sulfone groups is 1. The van der Waals surface area contributed by atoms with Crippen LogP contribution in [0.3, 0.4) is 0 Å². The topological polar surface area (TPSA) is 87.2 Å². The molecule has 0 aliphatic heterocycles. The summed E-state index contributed by atoms with van der Waals surface area (Å²) >= 11 is 1.19. The van der Waals surface area contributed by atoms with Gasteiger partial charge in [0.2, 0.25) is 9.84 Å². The highest BCUT2D eigenvalue weighted by molar-refractivity contribution is 7.94. The van der Waals surface area contributed by atoms with Gasteiger partial charge >= 0.3 is 5.97 Å². The maximum absolute atomic E-state index is 14.4. The van der Waals surface area contributed by atoms with Crippen LogP contribution in [0.5, 0.6) is 0 Å². The Morgan fingerprint density at radius 1 is 0.971 bits per heavy atom. The third kappa shape index (κ3) is 5.11. The van der Waals surface area contributed by atoms with E-state index in [0.29, 0.717) is 16.8 Å².